The highest BCUT2D eigenvalue weighted by Gasteiger charge is 2.24. The second kappa shape index (κ2) is 9.28. The molecule has 0 saturated carbocycles. The number of carbonyl (C=O) groups excluding carboxylic acids is 1. The molecule has 0 bridgehead atoms. The summed E-state index contributed by atoms with van der Waals surface area (Å²) < 4.78 is 38.6. The number of benzene rings is 2. The van der Waals surface area contributed by atoms with Gasteiger partial charge in [-0.1, -0.05) is 12.1 Å². The second-order valence-corrected chi connectivity index (χ2v) is 8.66. The molecule has 1 N–H and O–H groups in total. The first kappa shape index (κ1) is 21.1. The van der Waals surface area contributed by atoms with Crippen LogP contribution in [-0.4, -0.2) is 46.5 Å². The lowest BCUT2D eigenvalue weighted by Crippen LogP contribution is -2.36. The van der Waals surface area contributed by atoms with Gasteiger partial charge in [0, 0.05) is 19.6 Å². The van der Waals surface area contributed by atoms with E-state index in [9.17, 15) is 13.2 Å². The van der Waals surface area contributed by atoms with E-state index in [4.69, 9.17) is 9.47 Å². The predicted octanol–water partition coefficient (Wildman–Crippen LogP) is 2.81. The molecule has 1 aliphatic heterocycles. The van der Waals surface area contributed by atoms with Gasteiger partial charge in [-0.25, -0.2) is 13.1 Å². The van der Waals surface area contributed by atoms with Gasteiger partial charge in [-0.3, -0.25) is 4.79 Å². The number of likely N-dealkylation sites (tertiary alicyclic amines) is 1. The molecule has 1 heterocycles. The molecule has 0 unspecified atom stereocenters. The average Bonchev–Trinajstić information content (AvgIpc) is 2.77. The Labute approximate surface area is 171 Å². The van der Waals surface area contributed by atoms with E-state index in [0.29, 0.717) is 24.6 Å². The molecule has 3 rings (SSSR count). The second-order valence-electron chi connectivity index (χ2n) is 6.89. The highest BCUT2D eigenvalue weighted by Crippen LogP contribution is 2.25. The molecule has 0 aromatic heterocycles. The number of ether oxygens (including phenoxy) is 2. The van der Waals surface area contributed by atoms with E-state index in [-0.39, 0.29) is 22.9 Å². The predicted molar refractivity (Wildman–Crippen MR) is 110 cm³/mol. The summed E-state index contributed by atoms with van der Waals surface area (Å²) in [5.41, 5.74) is 1.03. The third kappa shape index (κ3) is 5.07. The highest BCUT2D eigenvalue weighted by molar-refractivity contribution is 7.89. The van der Waals surface area contributed by atoms with E-state index in [1.807, 2.05) is 6.07 Å². The van der Waals surface area contributed by atoms with Crippen LogP contribution in [0.3, 0.4) is 0 Å². The molecule has 1 aliphatic rings. The Morgan fingerprint density at radius 1 is 1.03 bits per heavy atom. The van der Waals surface area contributed by atoms with Gasteiger partial charge in [-0.05, 0) is 55.2 Å². The van der Waals surface area contributed by atoms with Crippen molar-refractivity contribution in [2.45, 2.75) is 30.7 Å². The van der Waals surface area contributed by atoms with Gasteiger partial charge in [0.15, 0.2) is 0 Å². The Hall–Kier alpha value is -2.58. The Balaban J connectivity index is 1.82. The lowest BCUT2D eigenvalue weighted by molar-refractivity contribution is 0.0720. The lowest BCUT2D eigenvalue weighted by atomic mass is 10.1. The Morgan fingerprint density at radius 2 is 1.79 bits per heavy atom. The first-order valence-corrected chi connectivity index (χ1v) is 11.0. The zero-order valence-corrected chi connectivity index (χ0v) is 17.5. The number of carbonyl (C=O) groups is 1. The van der Waals surface area contributed by atoms with Gasteiger partial charge >= 0.3 is 0 Å². The van der Waals surface area contributed by atoms with Crippen LogP contribution in [0.25, 0.3) is 0 Å². The van der Waals surface area contributed by atoms with Crippen LogP contribution in [-0.2, 0) is 16.6 Å². The smallest absolute Gasteiger partial charge is 0.257 e. The summed E-state index contributed by atoms with van der Waals surface area (Å²) in [5.74, 6) is 0.819. The number of amides is 1. The number of nitrogens with zero attached hydrogens (tertiary/aromatic N) is 1. The Morgan fingerprint density at radius 3 is 2.48 bits per heavy atom. The number of hydrogen-bond donors (Lipinski definition) is 1. The zero-order valence-electron chi connectivity index (χ0n) is 16.7. The van der Waals surface area contributed by atoms with Gasteiger partial charge in [0.25, 0.3) is 5.91 Å². The van der Waals surface area contributed by atoms with Crippen molar-refractivity contribution in [1.29, 1.82) is 0 Å². The topological polar surface area (TPSA) is 84.9 Å². The van der Waals surface area contributed by atoms with E-state index < -0.39 is 10.0 Å². The molecule has 0 atom stereocenters. The number of nitrogens with one attached hydrogen (secondary N) is 1. The van der Waals surface area contributed by atoms with Crippen molar-refractivity contribution in [3.05, 3.63) is 53.6 Å². The summed E-state index contributed by atoms with van der Waals surface area (Å²) in [4.78, 5) is 14.7. The molecule has 0 aliphatic carbocycles. The lowest BCUT2D eigenvalue weighted by Gasteiger charge is -2.27. The molecule has 29 heavy (non-hydrogen) atoms. The minimum atomic E-state index is -3.81. The van der Waals surface area contributed by atoms with Crippen molar-refractivity contribution in [2.75, 3.05) is 27.3 Å². The van der Waals surface area contributed by atoms with E-state index >= 15 is 0 Å². The first-order valence-electron chi connectivity index (χ1n) is 9.54. The minimum Gasteiger partial charge on any atom is -0.497 e. The third-order valence-corrected chi connectivity index (χ3v) is 6.35. The molecule has 0 spiro atoms. The van der Waals surface area contributed by atoms with Gasteiger partial charge in [0.1, 0.15) is 11.5 Å². The molecule has 0 radical (unpaired) electrons. The monoisotopic (exact) mass is 418 g/mol. The van der Waals surface area contributed by atoms with Gasteiger partial charge < -0.3 is 14.4 Å². The number of sulfonamides is 1. The molecule has 2 aromatic carbocycles. The fourth-order valence-corrected chi connectivity index (χ4v) is 4.38. The van der Waals surface area contributed by atoms with E-state index in [0.717, 1.165) is 24.8 Å². The summed E-state index contributed by atoms with van der Waals surface area (Å²) in [6, 6.07) is 11.5. The standard InChI is InChI=1S/C21H26N2O5S/c1-27-17-8-6-7-16(13-17)15-22-29(25,26)18-9-10-20(28-2)19(14-18)21(24)23-11-4-3-5-12-23/h6-10,13-14,22H,3-5,11-12,15H2,1-2H3. The molecular formula is C21H26N2O5S. The van der Waals surface area contributed by atoms with E-state index in [2.05, 4.69) is 4.72 Å². The summed E-state index contributed by atoms with van der Waals surface area (Å²) in [5, 5.41) is 0. The molecule has 2 aromatic rings. The van der Waals surface area contributed by atoms with Crippen LogP contribution in [0, 0.1) is 0 Å². The largest absolute Gasteiger partial charge is 0.497 e. The molecule has 1 amide bonds. The zero-order chi connectivity index (χ0) is 20.9. The fourth-order valence-electron chi connectivity index (χ4n) is 3.33. The molecule has 1 fully saturated rings. The van der Waals surface area contributed by atoms with Crippen LogP contribution in [0.2, 0.25) is 0 Å². The van der Waals surface area contributed by atoms with Gasteiger partial charge in [-0.15, -0.1) is 0 Å². The van der Waals surface area contributed by atoms with Gasteiger partial charge in [0.05, 0.1) is 24.7 Å². The molecular weight excluding hydrogens is 392 g/mol. The van der Waals surface area contributed by atoms with Crippen LogP contribution in [0.4, 0.5) is 0 Å². The molecule has 8 heteroatoms. The Bertz CT molecular complexity index is 969. The Kier molecular flexibility index (Phi) is 6.76. The number of rotatable bonds is 7. The SMILES string of the molecule is COc1cccc(CNS(=O)(=O)c2ccc(OC)c(C(=O)N3CCCCC3)c2)c1. The third-order valence-electron chi connectivity index (χ3n) is 4.96. The maximum Gasteiger partial charge on any atom is 0.257 e. The van der Waals surface area contributed by atoms with Gasteiger partial charge in [-0.2, -0.15) is 0 Å². The van der Waals surface area contributed by atoms with Gasteiger partial charge in [0.2, 0.25) is 10.0 Å². The quantitative estimate of drug-likeness (QED) is 0.747. The summed E-state index contributed by atoms with van der Waals surface area (Å²) in [6.07, 6.45) is 3.01. The average molecular weight is 419 g/mol. The summed E-state index contributed by atoms with van der Waals surface area (Å²) >= 11 is 0. The maximum atomic E-state index is 12.9. The minimum absolute atomic E-state index is 0.0292. The van der Waals surface area contributed by atoms with Crippen molar-refractivity contribution in [2.24, 2.45) is 0 Å². The van der Waals surface area contributed by atoms with Crippen molar-refractivity contribution < 1.29 is 22.7 Å². The highest BCUT2D eigenvalue weighted by atomic mass is 32.2. The van der Waals surface area contributed by atoms with Crippen LogP contribution in [0.15, 0.2) is 47.4 Å². The molecule has 1 saturated heterocycles. The fraction of sp³-hybridized carbons (Fsp3) is 0.381. The van der Waals surface area contributed by atoms with E-state index in [1.165, 1.54) is 25.3 Å². The first-order chi connectivity index (χ1) is 13.9. The van der Waals surface area contributed by atoms with Crippen molar-refractivity contribution >= 4 is 15.9 Å². The van der Waals surface area contributed by atoms with Crippen molar-refractivity contribution in [3.63, 3.8) is 0 Å². The van der Waals surface area contributed by atoms with Crippen LogP contribution in [0.5, 0.6) is 11.5 Å². The summed E-state index contributed by atoms with van der Waals surface area (Å²) in [7, 11) is -0.780. The normalized spacial score (nSPS) is 14.5. The summed E-state index contributed by atoms with van der Waals surface area (Å²) in [6.45, 7) is 1.46. The van der Waals surface area contributed by atoms with Crippen LogP contribution >= 0.6 is 0 Å². The van der Waals surface area contributed by atoms with Crippen LogP contribution < -0.4 is 14.2 Å². The maximum absolute atomic E-state index is 12.9. The number of methoxy groups -OCH3 is 2. The molecule has 156 valence electrons. The molecule has 7 nitrogen and oxygen atoms in total. The number of piperidine rings is 1. The van der Waals surface area contributed by atoms with Crippen LogP contribution in [0.1, 0.15) is 35.2 Å². The number of hydrogen-bond acceptors (Lipinski definition) is 5. The van der Waals surface area contributed by atoms with Crippen molar-refractivity contribution in [3.8, 4) is 11.5 Å². The van der Waals surface area contributed by atoms with E-state index in [1.54, 1.807) is 30.2 Å². The van der Waals surface area contributed by atoms with Crippen molar-refractivity contribution in [1.82, 2.24) is 9.62 Å².